The number of nitrogens with one attached hydrogen (secondary N) is 2. The molecule has 0 heterocycles. The van der Waals surface area contributed by atoms with Crippen LogP contribution in [-0.4, -0.2) is 14.3 Å². The first kappa shape index (κ1) is 22.5. The molecule has 2 N–H and O–H groups in total. The monoisotopic (exact) mass is 468 g/mol. The SMILES string of the molecule is CCc1ccccc1NC(=O)c1ccc(Cl)c(S(=O)(=O)N[C@@H]2CCCc3ccccc32)c1. The van der Waals surface area contributed by atoms with Gasteiger partial charge in [-0.1, -0.05) is 61.0 Å². The number of rotatable bonds is 6. The minimum Gasteiger partial charge on any atom is -0.322 e. The van der Waals surface area contributed by atoms with Crippen molar-refractivity contribution >= 4 is 33.2 Å². The molecular formula is C25H25ClN2O3S. The van der Waals surface area contributed by atoms with Gasteiger partial charge in [-0.25, -0.2) is 13.1 Å². The molecule has 1 aliphatic carbocycles. The fourth-order valence-electron chi connectivity index (χ4n) is 4.12. The Hall–Kier alpha value is -2.67. The van der Waals surface area contributed by atoms with Crippen molar-refractivity contribution in [3.8, 4) is 0 Å². The number of hydrogen-bond donors (Lipinski definition) is 2. The summed E-state index contributed by atoms with van der Waals surface area (Å²) in [5.41, 5.74) is 4.07. The summed E-state index contributed by atoms with van der Waals surface area (Å²) in [5, 5.41) is 2.95. The van der Waals surface area contributed by atoms with Crippen LogP contribution in [0.4, 0.5) is 5.69 Å². The number of fused-ring (bicyclic) bond motifs is 1. The van der Waals surface area contributed by atoms with E-state index in [9.17, 15) is 13.2 Å². The molecule has 0 saturated heterocycles. The Labute approximate surface area is 193 Å². The molecule has 0 radical (unpaired) electrons. The van der Waals surface area contributed by atoms with E-state index in [1.807, 2.05) is 55.5 Å². The summed E-state index contributed by atoms with van der Waals surface area (Å²) < 4.78 is 29.3. The average Bonchev–Trinajstić information content (AvgIpc) is 2.79. The Morgan fingerprint density at radius 3 is 2.62 bits per heavy atom. The smallest absolute Gasteiger partial charge is 0.255 e. The van der Waals surface area contributed by atoms with E-state index in [0.717, 1.165) is 36.0 Å². The zero-order valence-corrected chi connectivity index (χ0v) is 19.3. The van der Waals surface area contributed by atoms with Crippen molar-refractivity contribution in [2.75, 3.05) is 5.32 Å². The maximum atomic E-state index is 13.2. The van der Waals surface area contributed by atoms with Gasteiger partial charge in [0.15, 0.2) is 0 Å². The fourth-order valence-corrected chi connectivity index (χ4v) is 5.90. The maximum Gasteiger partial charge on any atom is 0.255 e. The van der Waals surface area contributed by atoms with Crippen LogP contribution in [0.2, 0.25) is 5.02 Å². The van der Waals surface area contributed by atoms with Gasteiger partial charge in [-0.05, 0) is 66.6 Å². The summed E-state index contributed by atoms with van der Waals surface area (Å²) in [5.74, 6) is -0.387. The summed E-state index contributed by atoms with van der Waals surface area (Å²) >= 11 is 6.26. The normalized spacial score (nSPS) is 15.8. The second-order valence-electron chi connectivity index (χ2n) is 7.87. The number of aryl methyl sites for hydroxylation is 2. The summed E-state index contributed by atoms with van der Waals surface area (Å²) in [6.07, 6.45) is 3.31. The second kappa shape index (κ2) is 9.45. The van der Waals surface area contributed by atoms with Crippen molar-refractivity contribution in [2.45, 2.75) is 43.5 Å². The molecule has 4 rings (SSSR count). The summed E-state index contributed by atoms with van der Waals surface area (Å²) in [4.78, 5) is 12.8. The zero-order chi connectivity index (χ0) is 22.7. The highest BCUT2D eigenvalue weighted by Crippen LogP contribution is 2.32. The first-order valence-corrected chi connectivity index (χ1v) is 12.5. The van der Waals surface area contributed by atoms with Crippen LogP contribution in [0.3, 0.4) is 0 Å². The van der Waals surface area contributed by atoms with E-state index in [0.29, 0.717) is 12.1 Å². The van der Waals surface area contributed by atoms with Gasteiger partial charge in [0.25, 0.3) is 5.91 Å². The molecule has 166 valence electrons. The van der Waals surface area contributed by atoms with Crippen molar-refractivity contribution in [3.05, 3.63) is 94.0 Å². The number of carbonyl (C=O) groups is 1. The minimum atomic E-state index is -3.94. The highest BCUT2D eigenvalue weighted by Gasteiger charge is 2.27. The molecule has 1 aliphatic rings. The summed E-state index contributed by atoms with van der Waals surface area (Å²) in [6, 6.07) is 19.4. The van der Waals surface area contributed by atoms with Crippen LogP contribution in [0.1, 0.15) is 52.9 Å². The van der Waals surface area contributed by atoms with Gasteiger partial charge in [0.05, 0.1) is 5.02 Å². The molecule has 0 saturated carbocycles. The number of amides is 1. The predicted octanol–water partition coefficient (Wildman–Crippen LogP) is 5.51. The summed E-state index contributed by atoms with van der Waals surface area (Å²) in [7, 11) is -3.94. The quantitative estimate of drug-likeness (QED) is 0.500. The molecule has 32 heavy (non-hydrogen) atoms. The molecule has 0 spiro atoms. The first-order valence-electron chi connectivity index (χ1n) is 10.7. The standard InChI is InChI=1S/C25H25ClN2O3S/c1-2-17-8-4-6-12-22(17)27-25(29)19-14-15-21(26)24(16-19)32(30,31)28-23-13-7-10-18-9-3-5-11-20(18)23/h3-6,8-9,11-12,14-16,23,28H,2,7,10,13H2,1H3,(H,27,29)/t23-/m1/s1. The Balaban J connectivity index is 1.60. The van der Waals surface area contributed by atoms with E-state index < -0.39 is 10.0 Å². The molecule has 3 aromatic rings. The van der Waals surface area contributed by atoms with Crippen LogP contribution in [0.5, 0.6) is 0 Å². The number of benzene rings is 3. The van der Waals surface area contributed by atoms with Gasteiger partial charge in [-0.15, -0.1) is 0 Å². The van der Waals surface area contributed by atoms with Crippen LogP contribution in [0, 0.1) is 0 Å². The fraction of sp³-hybridized carbons (Fsp3) is 0.240. The van der Waals surface area contributed by atoms with Gasteiger partial charge in [0.2, 0.25) is 10.0 Å². The Morgan fingerprint density at radius 2 is 1.81 bits per heavy atom. The second-order valence-corrected chi connectivity index (χ2v) is 9.96. The molecule has 5 nitrogen and oxygen atoms in total. The van der Waals surface area contributed by atoms with Crippen molar-refractivity contribution < 1.29 is 13.2 Å². The first-order chi connectivity index (χ1) is 15.4. The third-order valence-corrected chi connectivity index (χ3v) is 7.75. The average molecular weight is 469 g/mol. The third-order valence-electron chi connectivity index (χ3n) is 5.80. The van der Waals surface area contributed by atoms with Crippen molar-refractivity contribution in [1.82, 2.24) is 4.72 Å². The molecule has 3 aromatic carbocycles. The highest BCUT2D eigenvalue weighted by atomic mass is 35.5. The topological polar surface area (TPSA) is 75.3 Å². The van der Waals surface area contributed by atoms with Gasteiger partial charge in [-0.3, -0.25) is 4.79 Å². The van der Waals surface area contributed by atoms with Gasteiger partial charge in [-0.2, -0.15) is 0 Å². The van der Waals surface area contributed by atoms with E-state index in [2.05, 4.69) is 10.0 Å². The molecular weight excluding hydrogens is 444 g/mol. The van der Waals surface area contributed by atoms with Crippen molar-refractivity contribution in [1.29, 1.82) is 0 Å². The Bertz CT molecular complexity index is 1260. The molecule has 1 atom stereocenters. The number of para-hydroxylation sites is 1. The molecule has 7 heteroatoms. The van der Waals surface area contributed by atoms with Crippen LogP contribution in [-0.2, 0) is 22.9 Å². The van der Waals surface area contributed by atoms with Crippen LogP contribution >= 0.6 is 11.6 Å². The van der Waals surface area contributed by atoms with Gasteiger partial charge < -0.3 is 5.32 Å². The number of anilines is 1. The van der Waals surface area contributed by atoms with Gasteiger partial charge in [0.1, 0.15) is 4.90 Å². The van der Waals surface area contributed by atoms with E-state index in [4.69, 9.17) is 11.6 Å². The Kier molecular flexibility index (Phi) is 6.65. The number of sulfonamides is 1. The molecule has 0 bridgehead atoms. The van der Waals surface area contributed by atoms with Crippen molar-refractivity contribution in [3.63, 3.8) is 0 Å². The Morgan fingerprint density at radius 1 is 1.06 bits per heavy atom. The number of halogens is 1. The molecule has 0 fully saturated rings. The number of carbonyl (C=O) groups excluding carboxylic acids is 1. The van der Waals surface area contributed by atoms with Crippen molar-refractivity contribution in [2.24, 2.45) is 0 Å². The van der Waals surface area contributed by atoms with E-state index in [1.165, 1.54) is 18.2 Å². The maximum absolute atomic E-state index is 13.2. The van der Waals surface area contributed by atoms with Crippen LogP contribution in [0.25, 0.3) is 0 Å². The molecule has 1 amide bonds. The van der Waals surface area contributed by atoms with Gasteiger partial charge in [0, 0.05) is 17.3 Å². The molecule has 0 aliphatic heterocycles. The minimum absolute atomic E-state index is 0.0760. The van der Waals surface area contributed by atoms with Crippen LogP contribution in [0.15, 0.2) is 71.6 Å². The third kappa shape index (κ3) is 4.72. The van der Waals surface area contributed by atoms with E-state index in [1.54, 1.807) is 0 Å². The predicted molar refractivity (Wildman–Crippen MR) is 128 cm³/mol. The van der Waals surface area contributed by atoms with Gasteiger partial charge >= 0.3 is 0 Å². The molecule has 0 unspecified atom stereocenters. The lowest BCUT2D eigenvalue weighted by Crippen LogP contribution is -2.31. The van der Waals surface area contributed by atoms with E-state index >= 15 is 0 Å². The zero-order valence-electron chi connectivity index (χ0n) is 17.8. The summed E-state index contributed by atoms with van der Waals surface area (Å²) in [6.45, 7) is 2.01. The van der Waals surface area contributed by atoms with Crippen LogP contribution < -0.4 is 10.0 Å². The largest absolute Gasteiger partial charge is 0.322 e. The highest BCUT2D eigenvalue weighted by molar-refractivity contribution is 7.89. The lowest BCUT2D eigenvalue weighted by atomic mass is 9.88. The lowest BCUT2D eigenvalue weighted by molar-refractivity contribution is 0.102. The lowest BCUT2D eigenvalue weighted by Gasteiger charge is -2.26. The molecule has 0 aromatic heterocycles. The number of hydrogen-bond acceptors (Lipinski definition) is 3. The van der Waals surface area contributed by atoms with E-state index in [-0.39, 0.29) is 27.4 Å².